The third kappa shape index (κ3) is 8.29. The molecule has 0 fully saturated rings. The summed E-state index contributed by atoms with van der Waals surface area (Å²) >= 11 is 15.6. The smallest absolute Gasteiger partial charge is 0.264 e. The van der Waals surface area contributed by atoms with Crippen molar-refractivity contribution in [2.45, 2.75) is 25.3 Å². The largest absolute Gasteiger partial charge is 0.493 e. The fourth-order valence-corrected chi connectivity index (χ4v) is 6.53. The first-order valence-electron chi connectivity index (χ1n) is 12.9. The number of ether oxygens (including phenoxy) is 2. The van der Waals surface area contributed by atoms with Crippen LogP contribution in [0.4, 0.5) is 5.69 Å². The van der Waals surface area contributed by atoms with Gasteiger partial charge >= 0.3 is 0 Å². The minimum atomic E-state index is -4.04. The highest BCUT2D eigenvalue weighted by Crippen LogP contribution is 2.37. The highest BCUT2D eigenvalue weighted by atomic mass is 79.9. The quantitative estimate of drug-likeness (QED) is 0.131. The molecule has 0 bridgehead atoms. The van der Waals surface area contributed by atoms with Crippen LogP contribution in [0.25, 0.3) is 0 Å². The van der Waals surface area contributed by atoms with E-state index in [0.717, 1.165) is 21.0 Å². The van der Waals surface area contributed by atoms with E-state index in [1.165, 1.54) is 25.5 Å². The highest BCUT2D eigenvalue weighted by Gasteiger charge is 2.27. The molecule has 1 amide bonds. The van der Waals surface area contributed by atoms with Gasteiger partial charge in [-0.25, -0.2) is 13.8 Å². The lowest BCUT2D eigenvalue weighted by Gasteiger charge is -2.24. The van der Waals surface area contributed by atoms with Crippen molar-refractivity contribution in [3.63, 3.8) is 0 Å². The molecule has 0 aliphatic carbocycles. The molecule has 4 aromatic carbocycles. The Kier molecular flexibility index (Phi) is 10.7. The van der Waals surface area contributed by atoms with Crippen molar-refractivity contribution in [1.29, 1.82) is 0 Å². The Morgan fingerprint density at radius 1 is 0.977 bits per heavy atom. The molecule has 224 valence electrons. The van der Waals surface area contributed by atoms with Gasteiger partial charge in [0.1, 0.15) is 13.2 Å². The lowest BCUT2D eigenvalue weighted by molar-refractivity contribution is -0.119. The van der Waals surface area contributed by atoms with Gasteiger partial charge in [0.15, 0.2) is 11.5 Å². The average Bonchev–Trinajstić information content (AvgIpc) is 2.96. The summed E-state index contributed by atoms with van der Waals surface area (Å²) in [6.45, 7) is 3.47. The topological polar surface area (TPSA) is 97.3 Å². The number of carbonyl (C=O) groups excluding carboxylic acids is 1. The second-order valence-corrected chi connectivity index (χ2v) is 13.1. The molecule has 8 nitrogen and oxygen atoms in total. The van der Waals surface area contributed by atoms with E-state index in [-0.39, 0.29) is 11.5 Å². The fourth-order valence-electron chi connectivity index (χ4n) is 4.21. The Labute approximate surface area is 269 Å². The average molecular weight is 705 g/mol. The van der Waals surface area contributed by atoms with Gasteiger partial charge in [0.2, 0.25) is 0 Å². The van der Waals surface area contributed by atoms with Crippen LogP contribution < -0.4 is 19.2 Å². The van der Waals surface area contributed by atoms with E-state index in [1.807, 2.05) is 26.0 Å². The van der Waals surface area contributed by atoms with Gasteiger partial charge in [0, 0.05) is 0 Å². The Balaban J connectivity index is 1.50. The summed E-state index contributed by atoms with van der Waals surface area (Å²) in [6, 6.07) is 22.0. The Morgan fingerprint density at radius 3 is 2.33 bits per heavy atom. The lowest BCUT2D eigenvalue weighted by Crippen LogP contribution is -2.39. The molecule has 0 saturated heterocycles. The van der Waals surface area contributed by atoms with Gasteiger partial charge < -0.3 is 9.47 Å². The molecule has 0 aliphatic rings. The third-order valence-corrected chi connectivity index (χ3v) is 9.25. The minimum absolute atomic E-state index is 0.0730. The standard InChI is InChI=1S/C31H28BrCl2N3O5S/c1-20-11-21(2)13-24(12-20)37(43(39,40)25-7-5-4-6-8-25)18-30(38)36-35-17-23-14-26(32)31(29(16-23)41-3)42-19-22-9-10-27(33)28(34)15-22/h4-17H,18-19H2,1-3H3,(H,36,38)/b35-17-. The molecule has 0 atom stereocenters. The molecule has 0 aromatic heterocycles. The molecule has 4 rings (SSSR count). The van der Waals surface area contributed by atoms with E-state index >= 15 is 0 Å². The first kappa shape index (κ1) is 32.3. The number of hydrogen-bond donors (Lipinski definition) is 1. The van der Waals surface area contributed by atoms with Crippen molar-refractivity contribution >= 4 is 67.0 Å². The molecule has 0 spiro atoms. The van der Waals surface area contributed by atoms with Gasteiger partial charge in [-0.2, -0.15) is 5.10 Å². The molecule has 43 heavy (non-hydrogen) atoms. The molecule has 0 radical (unpaired) electrons. The number of nitrogens with zero attached hydrogens (tertiary/aromatic N) is 2. The number of carbonyl (C=O) groups is 1. The molecular formula is C31H28BrCl2N3O5S. The van der Waals surface area contributed by atoms with Crippen LogP contribution in [-0.2, 0) is 21.4 Å². The molecule has 4 aromatic rings. The molecular weight excluding hydrogens is 677 g/mol. The number of halogens is 3. The van der Waals surface area contributed by atoms with Gasteiger partial charge in [-0.3, -0.25) is 9.10 Å². The summed E-state index contributed by atoms with van der Waals surface area (Å²) in [5.41, 5.74) is 5.95. The number of hydrazone groups is 1. The predicted molar refractivity (Wildman–Crippen MR) is 174 cm³/mol. The van der Waals surface area contributed by atoms with Gasteiger partial charge in [-0.1, -0.05) is 53.5 Å². The molecule has 0 unspecified atom stereocenters. The monoisotopic (exact) mass is 703 g/mol. The van der Waals surface area contributed by atoms with Crippen molar-refractivity contribution < 1.29 is 22.7 Å². The summed E-state index contributed by atoms with van der Waals surface area (Å²) in [5.74, 6) is 0.268. The maximum absolute atomic E-state index is 13.6. The molecule has 1 N–H and O–H groups in total. The first-order chi connectivity index (χ1) is 20.5. The number of nitrogens with one attached hydrogen (secondary N) is 1. The summed E-state index contributed by atoms with van der Waals surface area (Å²) < 4.78 is 40.3. The minimum Gasteiger partial charge on any atom is -0.493 e. The van der Waals surface area contributed by atoms with E-state index < -0.39 is 22.5 Å². The number of rotatable bonds is 11. The van der Waals surface area contributed by atoms with Gasteiger partial charge in [-0.15, -0.1) is 0 Å². The predicted octanol–water partition coefficient (Wildman–Crippen LogP) is 7.31. The summed E-state index contributed by atoms with van der Waals surface area (Å²) in [7, 11) is -2.53. The van der Waals surface area contributed by atoms with E-state index in [2.05, 4.69) is 26.5 Å². The Bertz CT molecular complexity index is 1750. The van der Waals surface area contributed by atoms with Gasteiger partial charge in [0.25, 0.3) is 15.9 Å². The number of methoxy groups -OCH3 is 1. The fraction of sp³-hybridized carbons (Fsp3) is 0.161. The summed E-state index contributed by atoms with van der Waals surface area (Å²) in [4.78, 5) is 13.0. The van der Waals surface area contributed by atoms with Crippen LogP contribution in [0.2, 0.25) is 10.0 Å². The zero-order chi connectivity index (χ0) is 31.1. The van der Waals surface area contributed by atoms with Crippen LogP contribution in [0.5, 0.6) is 11.5 Å². The van der Waals surface area contributed by atoms with Crippen LogP contribution >= 0.6 is 39.1 Å². The van der Waals surface area contributed by atoms with E-state index in [4.69, 9.17) is 32.7 Å². The van der Waals surface area contributed by atoms with Crippen LogP contribution in [-0.4, -0.2) is 34.2 Å². The second-order valence-electron chi connectivity index (χ2n) is 9.54. The Morgan fingerprint density at radius 2 is 1.67 bits per heavy atom. The zero-order valence-corrected chi connectivity index (χ0v) is 27.4. The lowest BCUT2D eigenvalue weighted by atomic mass is 10.1. The van der Waals surface area contributed by atoms with Crippen LogP contribution in [0.3, 0.4) is 0 Å². The number of sulfonamides is 1. The zero-order valence-electron chi connectivity index (χ0n) is 23.5. The number of aryl methyl sites for hydroxylation is 2. The van der Waals surface area contributed by atoms with Crippen molar-refractivity contribution in [2.75, 3.05) is 18.0 Å². The van der Waals surface area contributed by atoms with E-state index in [9.17, 15) is 13.2 Å². The first-order valence-corrected chi connectivity index (χ1v) is 15.9. The molecule has 12 heteroatoms. The summed E-state index contributed by atoms with van der Waals surface area (Å²) in [5, 5.41) is 4.93. The third-order valence-electron chi connectivity index (χ3n) is 6.13. The SMILES string of the molecule is COc1cc(/C=N\NC(=O)CN(c2cc(C)cc(C)c2)S(=O)(=O)c2ccccc2)cc(Br)c1OCc1ccc(Cl)c(Cl)c1. The molecule has 0 heterocycles. The van der Waals surface area contributed by atoms with E-state index in [0.29, 0.717) is 37.3 Å². The van der Waals surface area contributed by atoms with Crippen LogP contribution in [0, 0.1) is 13.8 Å². The second kappa shape index (κ2) is 14.3. The normalized spacial score (nSPS) is 11.4. The number of amides is 1. The van der Waals surface area contributed by atoms with Crippen molar-refractivity contribution in [3.05, 3.63) is 116 Å². The van der Waals surface area contributed by atoms with Crippen LogP contribution in [0.1, 0.15) is 22.3 Å². The van der Waals surface area contributed by atoms with Gasteiger partial charge in [0.05, 0.1) is 38.4 Å². The number of hydrogen-bond acceptors (Lipinski definition) is 6. The maximum Gasteiger partial charge on any atom is 0.264 e. The van der Waals surface area contributed by atoms with Crippen molar-refractivity contribution in [1.82, 2.24) is 5.43 Å². The van der Waals surface area contributed by atoms with E-state index in [1.54, 1.807) is 54.6 Å². The molecule has 0 saturated carbocycles. The molecule has 0 aliphatic heterocycles. The summed E-state index contributed by atoms with van der Waals surface area (Å²) in [6.07, 6.45) is 1.42. The van der Waals surface area contributed by atoms with Crippen LogP contribution in [0.15, 0.2) is 93.3 Å². The number of anilines is 1. The Hall–Kier alpha value is -3.57. The van der Waals surface area contributed by atoms with Gasteiger partial charge in [-0.05, 0) is 101 Å². The maximum atomic E-state index is 13.6. The highest BCUT2D eigenvalue weighted by molar-refractivity contribution is 9.10. The number of benzene rings is 4. The van der Waals surface area contributed by atoms with Crippen molar-refractivity contribution in [3.8, 4) is 11.5 Å². The van der Waals surface area contributed by atoms with Crippen molar-refractivity contribution in [2.24, 2.45) is 5.10 Å².